The van der Waals surface area contributed by atoms with Crippen molar-refractivity contribution in [3.63, 3.8) is 0 Å². The summed E-state index contributed by atoms with van der Waals surface area (Å²) in [6.07, 6.45) is 3.77. The van der Waals surface area contributed by atoms with E-state index in [1.807, 2.05) is 20.1 Å². The Labute approximate surface area is 121 Å². The van der Waals surface area contributed by atoms with E-state index in [0.29, 0.717) is 19.6 Å². The first-order valence-electron chi connectivity index (χ1n) is 6.70. The number of piperidine rings is 1. The smallest absolute Gasteiger partial charge is 0.216 e. The van der Waals surface area contributed by atoms with Crippen molar-refractivity contribution in [1.29, 1.82) is 0 Å². The Morgan fingerprint density at radius 1 is 1.37 bits per heavy atom. The minimum atomic E-state index is -3.19. The highest BCUT2D eigenvalue weighted by molar-refractivity contribution is 8.00. The second-order valence-corrected chi connectivity index (χ2v) is 8.59. The van der Waals surface area contributed by atoms with Gasteiger partial charge in [-0.15, -0.1) is 0 Å². The van der Waals surface area contributed by atoms with Gasteiger partial charge in [0.25, 0.3) is 0 Å². The number of hydrogen-bond donors (Lipinski definition) is 1. The lowest BCUT2D eigenvalue weighted by molar-refractivity contribution is 0.0905. The molecule has 1 aliphatic heterocycles. The molecule has 0 spiro atoms. The van der Waals surface area contributed by atoms with Gasteiger partial charge in [-0.2, -0.15) is 11.8 Å². The molecule has 0 saturated carbocycles. The van der Waals surface area contributed by atoms with Crippen LogP contribution in [0, 0.1) is 0 Å². The molecule has 2 N–H and O–H groups in total. The van der Waals surface area contributed by atoms with Crippen LogP contribution in [0.4, 0.5) is 0 Å². The van der Waals surface area contributed by atoms with Crippen molar-refractivity contribution in [2.75, 3.05) is 38.2 Å². The van der Waals surface area contributed by atoms with Gasteiger partial charge in [0.2, 0.25) is 10.0 Å². The normalized spacial score (nSPS) is 20.9. The molecule has 1 saturated heterocycles. The first-order valence-corrected chi connectivity index (χ1v) is 9.53. The summed E-state index contributed by atoms with van der Waals surface area (Å²) in [7, 11) is -3.19. The van der Waals surface area contributed by atoms with Crippen LogP contribution in [0.3, 0.4) is 0 Å². The molecule has 0 aromatic rings. The third-order valence-electron chi connectivity index (χ3n) is 3.62. The maximum atomic E-state index is 12.2. The number of nitrogens with zero attached hydrogens (tertiary/aromatic N) is 1. The molecule has 114 valence electrons. The van der Waals surface area contributed by atoms with Crippen LogP contribution in [0.1, 0.15) is 26.7 Å². The fraction of sp³-hybridized carbons (Fsp3) is 1.00. The van der Waals surface area contributed by atoms with Gasteiger partial charge < -0.3 is 10.5 Å². The molecule has 0 aromatic heterocycles. The van der Waals surface area contributed by atoms with Crippen LogP contribution in [-0.2, 0) is 14.8 Å². The number of hydrogen-bond acceptors (Lipinski definition) is 5. The maximum absolute atomic E-state index is 12.2. The van der Waals surface area contributed by atoms with Crippen molar-refractivity contribution >= 4 is 21.8 Å². The number of thioether (sulfide) groups is 1. The number of sulfonamides is 1. The van der Waals surface area contributed by atoms with Gasteiger partial charge >= 0.3 is 0 Å². The monoisotopic (exact) mass is 310 g/mol. The Hall–Kier alpha value is 0.180. The average molecular weight is 310 g/mol. The lowest BCUT2D eigenvalue weighted by atomic mass is 9.97. The molecule has 7 heteroatoms. The molecule has 0 unspecified atom stereocenters. The molecular weight excluding hydrogens is 284 g/mol. The minimum absolute atomic E-state index is 0.0560. The van der Waals surface area contributed by atoms with Crippen LogP contribution < -0.4 is 5.73 Å². The molecule has 0 bridgehead atoms. The lowest BCUT2D eigenvalue weighted by Crippen LogP contribution is -2.49. The van der Waals surface area contributed by atoms with Crippen molar-refractivity contribution in [3.05, 3.63) is 0 Å². The quantitative estimate of drug-likeness (QED) is 0.756. The topological polar surface area (TPSA) is 72.6 Å². The van der Waals surface area contributed by atoms with Crippen LogP contribution in [-0.4, -0.2) is 61.8 Å². The average Bonchev–Trinajstić information content (AvgIpc) is 2.38. The summed E-state index contributed by atoms with van der Waals surface area (Å²) in [5.74, 6) is 0.0695. The highest BCUT2D eigenvalue weighted by atomic mass is 32.2. The van der Waals surface area contributed by atoms with E-state index in [4.69, 9.17) is 10.5 Å². The SMILES string of the molecule is CSC1(CN)CCN(S(=O)(=O)CCOC(C)C)CC1. The van der Waals surface area contributed by atoms with E-state index in [9.17, 15) is 8.42 Å². The van der Waals surface area contributed by atoms with Crippen molar-refractivity contribution in [1.82, 2.24) is 4.31 Å². The molecule has 1 rings (SSSR count). The summed E-state index contributed by atoms with van der Waals surface area (Å²) in [5.41, 5.74) is 5.81. The van der Waals surface area contributed by atoms with Crippen LogP contribution in [0.5, 0.6) is 0 Å². The molecule has 5 nitrogen and oxygen atoms in total. The molecule has 0 atom stereocenters. The number of ether oxygens (including phenoxy) is 1. The van der Waals surface area contributed by atoms with Gasteiger partial charge in [-0.3, -0.25) is 0 Å². The molecule has 0 radical (unpaired) electrons. The van der Waals surface area contributed by atoms with Gasteiger partial charge in [-0.25, -0.2) is 12.7 Å². The predicted molar refractivity (Wildman–Crippen MR) is 81.0 cm³/mol. The zero-order valence-electron chi connectivity index (χ0n) is 12.1. The summed E-state index contributed by atoms with van der Waals surface area (Å²) < 4.78 is 31.3. The van der Waals surface area contributed by atoms with Crippen molar-refractivity contribution in [3.8, 4) is 0 Å². The van der Waals surface area contributed by atoms with E-state index in [0.717, 1.165) is 12.8 Å². The van der Waals surface area contributed by atoms with Crippen molar-refractivity contribution < 1.29 is 13.2 Å². The van der Waals surface area contributed by atoms with Gasteiger partial charge in [-0.05, 0) is 32.9 Å². The van der Waals surface area contributed by atoms with Crippen LogP contribution >= 0.6 is 11.8 Å². The Balaban J connectivity index is 2.49. The number of rotatable bonds is 7. The van der Waals surface area contributed by atoms with Crippen molar-refractivity contribution in [2.45, 2.75) is 37.5 Å². The first kappa shape index (κ1) is 17.2. The summed E-state index contributed by atoms with van der Waals surface area (Å²) in [4.78, 5) is 0. The van der Waals surface area contributed by atoms with Crippen LogP contribution in [0.2, 0.25) is 0 Å². The largest absolute Gasteiger partial charge is 0.378 e. The third-order valence-corrected chi connectivity index (χ3v) is 6.90. The molecule has 1 heterocycles. The van der Waals surface area contributed by atoms with E-state index < -0.39 is 10.0 Å². The zero-order chi connectivity index (χ0) is 14.5. The summed E-state index contributed by atoms with van der Waals surface area (Å²) in [5, 5.41) is 0. The third kappa shape index (κ3) is 4.90. The van der Waals surface area contributed by atoms with E-state index in [2.05, 4.69) is 0 Å². The second kappa shape index (κ2) is 7.26. The maximum Gasteiger partial charge on any atom is 0.216 e. The van der Waals surface area contributed by atoms with Gasteiger partial charge in [0.15, 0.2) is 0 Å². The van der Waals surface area contributed by atoms with Gasteiger partial charge in [0, 0.05) is 24.4 Å². The van der Waals surface area contributed by atoms with Crippen LogP contribution in [0.25, 0.3) is 0 Å². The predicted octanol–water partition coefficient (Wildman–Crippen LogP) is 0.898. The van der Waals surface area contributed by atoms with E-state index in [-0.39, 0.29) is 23.2 Å². The molecule has 1 fully saturated rings. The van der Waals surface area contributed by atoms with Gasteiger partial charge in [0.05, 0.1) is 18.5 Å². The Morgan fingerprint density at radius 2 is 1.95 bits per heavy atom. The summed E-state index contributed by atoms with van der Waals surface area (Å²) in [6.45, 7) is 5.83. The molecule has 0 aliphatic carbocycles. The molecule has 0 amide bonds. The van der Waals surface area contributed by atoms with E-state index >= 15 is 0 Å². The molecule has 19 heavy (non-hydrogen) atoms. The Morgan fingerprint density at radius 3 is 2.37 bits per heavy atom. The lowest BCUT2D eigenvalue weighted by Gasteiger charge is -2.39. The van der Waals surface area contributed by atoms with E-state index in [1.54, 1.807) is 16.1 Å². The van der Waals surface area contributed by atoms with E-state index in [1.165, 1.54) is 0 Å². The van der Waals surface area contributed by atoms with Crippen molar-refractivity contribution in [2.24, 2.45) is 5.73 Å². The van der Waals surface area contributed by atoms with Crippen LogP contribution in [0.15, 0.2) is 0 Å². The van der Waals surface area contributed by atoms with Gasteiger partial charge in [0.1, 0.15) is 0 Å². The molecule has 0 aromatic carbocycles. The highest BCUT2D eigenvalue weighted by Gasteiger charge is 2.36. The first-order chi connectivity index (χ1) is 8.85. The zero-order valence-corrected chi connectivity index (χ0v) is 13.7. The standard InChI is InChI=1S/C12H26N2O3S2/c1-11(2)17-8-9-19(15,16)14-6-4-12(10-13,18-3)5-7-14/h11H,4-10,13H2,1-3H3. The Kier molecular flexibility index (Phi) is 6.59. The fourth-order valence-corrected chi connectivity index (χ4v) is 4.24. The summed E-state index contributed by atoms with van der Waals surface area (Å²) in [6, 6.07) is 0. The van der Waals surface area contributed by atoms with Gasteiger partial charge in [-0.1, -0.05) is 0 Å². The Bertz CT molecular complexity index is 357. The molecular formula is C12H26N2O3S2. The fourth-order valence-electron chi connectivity index (χ4n) is 2.18. The second-order valence-electron chi connectivity index (χ2n) is 5.23. The summed E-state index contributed by atoms with van der Waals surface area (Å²) >= 11 is 1.76. The molecule has 1 aliphatic rings. The minimum Gasteiger partial charge on any atom is -0.378 e. The number of nitrogens with two attached hydrogens (primary N) is 1. The highest BCUT2D eigenvalue weighted by Crippen LogP contribution is 2.34.